The molecule has 0 saturated carbocycles. The molecule has 19 heavy (non-hydrogen) atoms. The number of nitrogens with zero attached hydrogens (tertiary/aromatic N) is 3. The largest absolute Gasteiger partial charge is 0.365 e. The minimum Gasteiger partial charge on any atom is -0.365 e. The first kappa shape index (κ1) is 14.5. The van der Waals surface area contributed by atoms with Crippen LogP contribution in [0.3, 0.4) is 0 Å². The van der Waals surface area contributed by atoms with Gasteiger partial charge < -0.3 is 10.2 Å². The van der Waals surface area contributed by atoms with Crippen LogP contribution in [0.2, 0.25) is 0 Å². The maximum absolute atomic E-state index is 12.2. The maximum atomic E-state index is 12.2. The molecule has 0 bridgehead atoms. The average Bonchev–Trinajstić information content (AvgIpc) is 2.84. The van der Waals surface area contributed by atoms with Gasteiger partial charge in [0.1, 0.15) is 4.47 Å². The summed E-state index contributed by atoms with van der Waals surface area (Å²) < 4.78 is 2.16. The zero-order chi connectivity index (χ0) is 13.8. The van der Waals surface area contributed by atoms with E-state index in [1.165, 1.54) is 4.68 Å². The standard InChI is InChI=1S/C13H21BrN4O/c1-3-6-18-13(19)12(14)11(9-16-18)17-7-4-5-10(17)8-15-2/h9-10,15H,3-8H2,1-2H3. The highest BCUT2D eigenvalue weighted by Crippen LogP contribution is 2.29. The molecule has 5 nitrogen and oxygen atoms in total. The lowest BCUT2D eigenvalue weighted by Crippen LogP contribution is -2.38. The summed E-state index contributed by atoms with van der Waals surface area (Å²) in [6, 6.07) is 0.449. The van der Waals surface area contributed by atoms with Gasteiger partial charge in [0.2, 0.25) is 0 Å². The molecule has 6 heteroatoms. The number of nitrogens with one attached hydrogen (secondary N) is 1. The molecule has 1 saturated heterocycles. The van der Waals surface area contributed by atoms with Crippen LogP contribution in [-0.4, -0.2) is 36.0 Å². The van der Waals surface area contributed by atoms with Gasteiger partial charge in [-0.25, -0.2) is 4.68 Å². The zero-order valence-corrected chi connectivity index (χ0v) is 13.1. The second kappa shape index (κ2) is 6.52. The number of likely N-dealkylation sites (N-methyl/N-ethyl adjacent to an activating group) is 1. The van der Waals surface area contributed by atoms with Crippen molar-refractivity contribution >= 4 is 21.6 Å². The van der Waals surface area contributed by atoms with Gasteiger partial charge in [-0.05, 0) is 42.2 Å². The fourth-order valence-corrected chi connectivity index (χ4v) is 3.16. The molecule has 0 spiro atoms. The third kappa shape index (κ3) is 3.00. The van der Waals surface area contributed by atoms with Crippen molar-refractivity contribution in [3.63, 3.8) is 0 Å². The topological polar surface area (TPSA) is 50.2 Å². The molecule has 1 fully saturated rings. The maximum Gasteiger partial charge on any atom is 0.283 e. The Hall–Kier alpha value is -0.880. The van der Waals surface area contributed by atoms with E-state index in [-0.39, 0.29) is 5.56 Å². The van der Waals surface area contributed by atoms with Crippen LogP contribution >= 0.6 is 15.9 Å². The number of aryl methyl sites for hydroxylation is 1. The van der Waals surface area contributed by atoms with Crippen LogP contribution in [0.1, 0.15) is 26.2 Å². The molecule has 1 aromatic rings. The van der Waals surface area contributed by atoms with Crippen molar-refractivity contribution in [1.82, 2.24) is 15.1 Å². The summed E-state index contributed by atoms with van der Waals surface area (Å²) in [5.74, 6) is 0. The monoisotopic (exact) mass is 328 g/mol. The average molecular weight is 329 g/mol. The first-order chi connectivity index (χ1) is 9.19. The molecule has 0 amide bonds. The zero-order valence-electron chi connectivity index (χ0n) is 11.5. The van der Waals surface area contributed by atoms with Gasteiger partial charge in [-0.1, -0.05) is 6.92 Å². The first-order valence-electron chi connectivity index (χ1n) is 6.86. The van der Waals surface area contributed by atoms with Gasteiger partial charge in [0.05, 0.1) is 11.9 Å². The summed E-state index contributed by atoms with van der Waals surface area (Å²) in [6.07, 6.45) is 5.04. The molecule has 1 unspecified atom stereocenters. The minimum absolute atomic E-state index is 0.0329. The lowest BCUT2D eigenvalue weighted by atomic mass is 10.2. The van der Waals surface area contributed by atoms with E-state index in [0.717, 1.165) is 38.0 Å². The Morgan fingerprint density at radius 3 is 3.05 bits per heavy atom. The normalized spacial score (nSPS) is 19.1. The van der Waals surface area contributed by atoms with Crippen molar-refractivity contribution in [2.75, 3.05) is 25.0 Å². The van der Waals surface area contributed by atoms with Gasteiger partial charge in [0.25, 0.3) is 5.56 Å². The van der Waals surface area contributed by atoms with Gasteiger partial charge in [-0.2, -0.15) is 5.10 Å². The molecule has 1 N–H and O–H groups in total. The van der Waals surface area contributed by atoms with Crippen LogP contribution in [0.25, 0.3) is 0 Å². The van der Waals surface area contributed by atoms with Crippen molar-refractivity contribution in [1.29, 1.82) is 0 Å². The smallest absolute Gasteiger partial charge is 0.283 e. The number of hydrogen-bond acceptors (Lipinski definition) is 4. The number of rotatable bonds is 5. The van der Waals surface area contributed by atoms with Crippen LogP contribution in [0.15, 0.2) is 15.5 Å². The molecular formula is C13H21BrN4O. The fourth-order valence-electron chi connectivity index (χ4n) is 2.63. The minimum atomic E-state index is -0.0329. The van der Waals surface area contributed by atoms with Gasteiger partial charge in [0.15, 0.2) is 0 Å². The quantitative estimate of drug-likeness (QED) is 0.892. The highest BCUT2D eigenvalue weighted by atomic mass is 79.9. The van der Waals surface area contributed by atoms with Crippen molar-refractivity contribution < 1.29 is 0 Å². The molecule has 106 valence electrons. The predicted octanol–water partition coefficient (Wildman–Crippen LogP) is 1.60. The summed E-state index contributed by atoms with van der Waals surface area (Å²) >= 11 is 3.45. The lowest BCUT2D eigenvalue weighted by molar-refractivity contribution is 0.560. The van der Waals surface area contributed by atoms with Crippen LogP contribution in [0, 0.1) is 0 Å². The molecule has 0 aliphatic carbocycles. The molecule has 2 rings (SSSR count). The van der Waals surface area contributed by atoms with E-state index >= 15 is 0 Å². The van der Waals surface area contributed by atoms with Crippen molar-refractivity contribution in [2.45, 2.75) is 38.8 Å². The summed E-state index contributed by atoms with van der Waals surface area (Å²) in [7, 11) is 1.96. The summed E-state index contributed by atoms with van der Waals surface area (Å²) in [4.78, 5) is 14.5. The van der Waals surface area contributed by atoms with Crippen LogP contribution in [0.5, 0.6) is 0 Å². The Morgan fingerprint density at radius 2 is 2.37 bits per heavy atom. The van der Waals surface area contributed by atoms with E-state index in [2.05, 4.69) is 31.2 Å². The number of hydrogen-bond donors (Lipinski definition) is 1. The SMILES string of the molecule is CCCn1ncc(N2CCCC2CNC)c(Br)c1=O. The molecule has 1 aliphatic rings. The van der Waals surface area contributed by atoms with Gasteiger partial charge in [-0.15, -0.1) is 0 Å². The summed E-state index contributed by atoms with van der Waals surface area (Å²) in [5, 5.41) is 7.49. The van der Waals surface area contributed by atoms with Crippen molar-refractivity contribution in [3.05, 3.63) is 21.0 Å². The van der Waals surface area contributed by atoms with E-state index in [9.17, 15) is 4.79 Å². The van der Waals surface area contributed by atoms with Gasteiger partial charge in [-0.3, -0.25) is 4.79 Å². The van der Waals surface area contributed by atoms with Gasteiger partial charge >= 0.3 is 0 Å². The van der Waals surface area contributed by atoms with E-state index in [1.807, 2.05) is 20.2 Å². The summed E-state index contributed by atoms with van der Waals surface area (Å²) in [5.41, 5.74) is 0.893. The number of halogens is 1. The van der Waals surface area contributed by atoms with Gasteiger partial charge in [0, 0.05) is 25.7 Å². The highest BCUT2D eigenvalue weighted by molar-refractivity contribution is 9.10. The molecule has 0 aromatic carbocycles. The summed E-state index contributed by atoms with van der Waals surface area (Å²) in [6.45, 7) is 4.63. The number of anilines is 1. The number of aromatic nitrogens is 2. The van der Waals surface area contributed by atoms with E-state index in [1.54, 1.807) is 0 Å². The van der Waals surface area contributed by atoms with Crippen LogP contribution in [-0.2, 0) is 6.54 Å². The molecule has 2 heterocycles. The fraction of sp³-hybridized carbons (Fsp3) is 0.692. The molecule has 1 aliphatic heterocycles. The molecule has 1 atom stereocenters. The van der Waals surface area contributed by atoms with E-state index in [0.29, 0.717) is 17.1 Å². The van der Waals surface area contributed by atoms with Crippen molar-refractivity contribution in [3.8, 4) is 0 Å². The molecule has 1 aromatic heterocycles. The molecule has 0 radical (unpaired) electrons. The van der Waals surface area contributed by atoms with Crippen LogP contribution in [0.4, 0.5) is 5.69 Å². The second-order valence-electron chi connectivity index (χ2n) is 4.92. The predicted molar refractivity (Wildman–Crippen MR) is 80.8 cm³/mol. The highest BCUT2D eigenvalue weighted by Gasteiger charge is 2.26. The Labute approximate surface area is 122 Å². The lowest BCUT2D eigenvalue weighted by Gasteiger charge is -2.27. The second-order valence-corrected chi connectivity index (χ2v) is 5.71. The van der Waals surface area contributed by atoms with E-state index in [4.69, 9.17) is 0 Å². The third-order valence-corrected chi connectivity index (χ3v) is 4.27. The Balaban J connectivity index is 2.30. The molecular weight excluding hydrogens is 308 g/mol. The Bertz CT molecular complexity index is 488. The Morgan fingerprint density at radius 1 is 1.58 bits per heavy atom. The Kier molecular flexibility index (Phi) is 4.99. The van der Waals surface area contributed by atoms with E-state index < -0.39 is 0 Å². The van der Waals surface area contributed by atoms with Crippen molar-refractivity contribution in [2.24, 2.45) is 0 Å². The first-order valence-corrected chi connectivity index (χ1v) is 7.65. The third-order valence-electron chi connectivity index (χ3n) is 3.53. The van der Waals surface area contributed by atoms with Crippen LogP contribution < -0.4 is 15.8 Å².